The molecule has 5 nitrogen and oxygen atoms in total. The lowest BCUT2D eigenvalue weighted by Crippen LogP contribution is -2.54. The van der Waals surface area contributed by atoms with Crippen molar-refractivity contribution in [2.75, 3.05) is 0 Å². The van der Waals surface area contributed by atoms with E-state index in [0.717, 1.165) is 6.42 Å². The molecule has 5 atom stereocenters. The predicted molar refractivity (Wildman–Crippen MR) is 68.2 cm³/mol. The average molecular weight is 323 g/mol. The van der Waals surface area contributed by atoms with Crippen LogP contribution in [0.25, 0.3) is 0 Å². The maximum absolute atomic E-state index is 11.2. The molecule has 0 spiro atoms. The Bertz CT molecular complexity index is 320. The molecular formula is C12H19BrO5. The summed E-state index contributed by atoms with van der Waals surface area (Å²) in [6.45, 7) is 6.59. The molecule has 18 heavy (non-hydrogen) atoms. The van der Waals surface area contributed by atoms with E-state index in [4.69, 9.17) is 14.2 Å². The molecule has 0 N–H and O–H groups in total. The molecule has 1 fully saturated rings. The van der Waals surface area contributed by atoms with Gasteiger partial charge in [-0.2, -0.15) is 0 Å². The van der Waals surface area contributed by atoms with E-state index in [1.54, 1.807) is 0 Å². The lowest BCUT2D eigenvalue weighted by Gasteiger charge is -2.42. The maximum Gasteiger partial charge on any atom is 0.303 e. The number of rotatable bonds is 3. The van der Waals surface area contributed by atoms with Gasteiger partial charge in [0, 0.05) is 19.8 Å². The molecule has 104 valence electrons. The first-order valence-electron chi connectivity index (χ1n) is 6.00. The topological polar surface area (TPSA) is 61.8 Å². The van der Waals surface area contributed by atoms with Crippen LogP contribution in [0.4, 0.5) is 0 Å². The van der Waals surface area contributed by atoms with Crippen LogP contribution in [0, 0.1) is 5.92 Å². The van der Waals surface area contributed by atoms with Gasteiger partial charge in [0.25, 0.3) is 0 Å². The third-order valence-electron chi connectivity index (χ3n) is 3.00. The van der Waals surface area contributed by atoms with Gasteiger partial charge in [0.15, 0.2) is 11.1 Å². The van der Waals surface area contributed by atoms with Gasteiger partial charge in [-0.25, -0.2) is 0 Å². The lowest BCUT2D eigenvalue weighted by molar-refractivity contribution is -0.206. The van der Waals surface area contributed by atoms with E-state index in [0.29, 0.717) is 0 Å². The molecular weight excluding hydrogens is 304 g/mol. The molecule has 0 bridgehead atoms. The zero-order chi connectivity index (χ0) is 13.9. The Kier molecular flexibility index (Phi) is 5.59. The standard InChI is InChI=1S/C12H19BrO5/c1-5-9-6(2)10(16-7(3)14)11(12(13)18-9)17-8(4)15/h6,9-12H,5H2,1-4H3/t6-,9+,10-,11+,12?/m0/s1. The summed E-state index contributed by atoms with van der Waals surface area (Å²) in [5, 5.41) is -0.466. The molecule has 1 rings (SSSR count). The molecule has 0 aromatic rings. The zero-order valence-corrected chi connectivity index (χ0v) is 12.6. The number of halogens is 1. The van der Waals surface area contributed by atoms with Crippen LogP contribution >= 0.6 is 15.9 Å². The van der Waals surface area contributed by atoms with E-state index in [1.165, 1.54) is 13.8 Å². The highest BCUT2D eigenvalue weighted by Gasteiger charge is 2.46. The van der Waals surface area contributed by atoms with E-state index >= 15 is 0 Å². The third-order valence-corrected chi connectivity index (χ3v) is 3.73. The fourth-order valence-corrected chi connectivity index (χ4v) is 2.86. The van der Waals surface area contributed by atoms with Gasteiger partial charge in [0.05, 0.1) is 6.10 Å². The second kappa shape index (κ2) is 6.52. The summed E-state index contributed by atoms with van der Waals surface area (Å²) in [7, 11) is 0. The van der Waals surface area contributed by atoms with Crippen LogP contribution in [0.15, 0.2) is 0 Å². The van der Waals surface area contributed by atoms with E-state index < -0.39 is 23.2 Å². The maximum atomic E-state index is 11.2. The van der Waals surface area contributed by atoms with Gasteiger partial charge in [-0.15, -0.1) is 0 Å². The minimum atomic E-state index is -0.621. The summed E-state index contributed by atoms with van der Waals surface area (Å²) in [4.78, 5) is 22.3. The van der Waals surface area contributed by atoms with Crippen LogP contribution in [-0.4, -0.2) is 35.3 Å². The van der Waals surface area contributed by atoms with Gasteiger partial charge >= 0.3 is 11.9 Å². The minimum absolute atomic E-state index is 0.0305. The molecule has 1 heterocycles. The van der Waals surface area contributed by atoms with Gasteiger partial charge in [-0.1, -0.05) is 29.8 Å². The van der Waals surface area contributed by atoms with Gasteiger partial charge in [-0.3, -0.25) is 9.59 Å². The fourth-order valence-electron chi connectivity index (χ4n) is 2.17. The highest BCUT2D eigenvalue weighted by molar-refractivity contribution is 9.09. The summed E-state index contributed by atoms with van der Waals surface area (Å²) in [6, 6.07) is 0. The van der Waals surface area contributed by atoms with Crippen LogP contribution in [0.1, 0.15) is 34.1 Å². The second-order valence-electron chi connectivity index (χ2n) is 4.44. The van der Waals surface area contributed by atoms with Crippen molar-refractivity contribution in [3.8, 4) is 0 Å². The number of carbonyl (C=O) groups is 2. The fraction of sp³-hybridized carbons (Fsp3) is 0.833. The van der Waals surface area contributed by atoms with Crippen LogP contribution in [0.3, 0.4) is 0 Å². The first-order chi connectivity index (χ1) is 8.36. The van der Waals surface area contributed by atoms with E-state index in [1.807, 2.05) is 13.8 Å². The molecule has 0 saturated carbocycles. The SMILES string of the molecule is CC[C@H]1OC(Br)[C@H](OC(C)=O)[C@@H](OC(C)=O)[C@H]1C. The third kappa shape index (κ3) is 3.68. The molecule has 6 heteroatoms. The van der Waals surface area contributed by atoms with Crippen molar-refractivity contribution in [1.82, 2.24) is 0 Å². The quantitative estimate of drug-likeness (QED) is 0.587. The molecule has 0 radical (unpaired) electrons. The largest absolute Gasteiger partial charge is 0.458 e. The molecule has 0 aromatic heterocycles. The smallest absolute Gasteiger partial charge is 0.303 e. The van der Waals surface area contributed by atoms with Gasteiger partial charge < -0.3 is 14.2 Å². The normalized spacial score (nSPS) is 35.9. The molecule has 1 unspecified atom stereocenters. The molecule has 0 amide bonds. The van der Waals surface area contributed by atoms with E-state index in [-0.39, 0.29) is 18.0 Å². The summed E-state index contributed by atoms with van der Waals surface area (Å²) in [5.74, 6) is -0.843. The Hall–Kier alpha value is -0.620. The van der Waals surface area contributed by atoms with Gasteiger partial charge in [0.2, 0.25) is 0 Å². The number of carbonyl (C=O) groups excluding carboxylic acids is 2. The van der Waals surface area contributed by atoms with Crippen molar-refractivity contribution >= 4 is 27.9 Å². The van der Waals surface area contributed by atoms with Crippen molar-refractivity contribution in [2.45, 2.75) is 57.4 Å². The monoisotopic (exact) mass is 322 g/mol. The Morgan fingerprint density at radius 2 is 1.67 bits per heavy atom. The predicted octanol–water partition coefficient (Wildman–Crippen LogP) is 2.02. The average Bonchev–Trinajstić information content (AvgIpc) is 2.27. The minimum Gasteiger partial charge on any atom is -0.458 e. The summed E-state index contributed by atoms with van der Waals surface area (Å²) in [6.07, 6.45) is -0.349. The van der Waals surface area contributed by atoms with E-state index in [2.05, 4.69) is 15.9 Å². The van der Waals surface area contributed by atoms with Crippen LogP contribution < -0.4 is 0 Å². The number of ether oxygens (including phenoxy) is 3. The first kappa shape index (κ1) is 15.4. The van der Waals surface area contributed by atoms with Crippen molar-refractivity contribution in [3.05, 3.63) is 0 Å². The van der Waals surface area contributed by atoms with E-state index in [9.17, 15) is 9.59 Å². The highest BCUT2D eigenvalue weighted by Crippen LogP contribution is 2.34. The number of hydrogen-bond donors (Lipinski definition) is 0. The molecule has 1 aliphatic rings. The van der Waals surface area contributed by atoms with Crippen molar-refractivity contribution in [1.29, 1.82) is 0 Å². The van der Waals surface area contributed by atoms with Crippen molar-refractivity contribution < 1.29 is 23.8 Å². The molecule has 0 aliphatic carbocycles. The van der Waals surface area contributed by atoms with Crippen molar-refractivity contribution in [2.24, 2.45) is 5.92 Å². The number of alkyl halides is 1. The van der Waals surface area contributed by atoms with Crippen LogP contribution in [0.2, 0.25) is 0 Å². The number of esters is 2. The molecule has 0 aromatic carbocycles. The van der Waals surface area contributed by atoms with Crippen LogP contribution in [-0.2, 0) is 23.8 Å². The summed E-state index contributed by atoms with van der Waals surface area (Å²) < 4.78 is 16.2. The Balaban J connectivity index is 2.89. The Morgan fingerprint density at radius 1 is 1.17 bits per heavy atom. The van der Waals surface area contributed by atoms with Gasteiger partial charge in [-0.05, 0) is 6.42 Å². The van der Waals surface area contributed by atoms with Crippen LogP contribution in [0.5, 0.6) is 0 Å². The van der Waals surface area contributed by atoms with Gasteiger partial charge in [0.1, 0.15) is 6.10 Å². The zero-order valence-electron chi connectivity index (χ0n) is 11.0. The molecule has 1 saturated heterocycles. The first-order valence-corrected chi connectivity index (χ1v) is 6.92. The summed E-state index contributed by atoms with van der Waals surface area (Å²) >= 11 is 3.33. The summed E-state index contributed by atoms with van der Waals surface area (Å²) in [5.41, 5.74) is 0. The Morgan fingerprint density at radius 3 is 2.11 bits per heavy atom. The lowest BCUT2D eigenvalue weighted by atomic mass is 9.90. The Labute approximate surface area is 115 Å². The van der Waals surface area contributed by atoms with Crippen molar-refractivity contribution in [3.63, 3.8) is 0 Å². The second-order valence-corrected chi connectivity index (χ2v) is 5.34. The molecule has 1 aliphatic heterocycles. The highest BCUT2D eigenvalue weighted by atomic mass is 79.9. The number of hydrogen-bond acceptors (Lipinski definition) is 5.